The van der Waals surface area contributed by atoms with Gasteiger partial charge in [0.25, 0.3) is 11.8 Å². The zero-order chi connectivity index (χ0) is 19.3. The van der Waals surface area contributed by atoms with Crippen molar-refractivity contribution in [3.63, 3.8) is 0 Å². The fraction of sp³-hybridized carbons (Fsp3) is 0.444. The van der Waals surface area contributed by atoms with Crippen molar-refractivity contribution in [2.45, 2.75) is 38.8 Å². The molecule has 2 rings (SSSR count). The number of benzene rings is 1. The summed E-state index contributed by atoms with van der Waals surface area (Å²) < 4.78 is 4.85. The second kappa shape index (κ2) is 7.99. The Labute approximate surface area is 151 Å². The fourth-order valence-corrected chi connectivity index (χ4v) is 2.82. The van der Waals surface area contributed by atoms with E-state index in [4.69, 9.17) is 4.74 Å². The Morgan fingerprint density at radius 2 is 1.88 bits per heavy atom. The quantitative estimate of drug-likeness (QED) is 0.555. The molecule has 8 heteroatoms. The van der Waals surface area contributed by atoms with Gasteiger partial charge >= 0.3 is 12.0 Å². The molecule has 0 spiro atoms. The highest BCUT2D eigenvalue weighted by atomic mass is 16.5. The Bertz CT molecular complexity index is 704. The summed E-state index contributed by atoms with van der Waals surface area (Å²) in [5.74, 6) is -1.79. The lowest BCUT2D eigenvalue weighted by Gasteiger charge is -2.25. The third-order valence-corrected chi connectivity index (χ3v) is 4.07. The number of rotatable bonds is 7. The number of amides is 4. The SMILES string of the molecule is CCC1(c2ccccc2)NC(=O)N(CC(=O)OCC(=O)NC(C)C)C1=O. The van der Waals surface area contributed by atoms with Crippen molar-refractivity contribution in [3.8, 4) is 0 Å². The highest BCUT2D eigenvalue weighted by molar-refractivity contribution is 6.09. The number of hydrogen-bond donors (Lipinski definition) is 2. The largest absolute Gasteiger partial charge is 0.454 e. The van der Waals surface area contributed by atoms with Crippen LogP contribution in [0, 0.1) is 0 Å². The van der Waals surface area contributed by atoms with Crippen molar-refractivity contribution in [1.82, 2.24) is 15.5 Å². The van der Waals surface area contributed by atoms with Gasteiger partial charge in [-0.05, 0) is 25.8 Å². The summed E-state index contributed by atoms with van der Waals surface area (Å²) in [4.78, 5) is 49.4. The highest BCUT2D eigenvalue weighted by Crippen LogP contribution is 2.32. The van der Waals surface area contributed by atoms with Crippen LogP contribution in [0.3, 0.4) is 0 Å². The molecule has 1 fully saturated rings. The second-order valence-electron chi connectivity index (χ2n) is 6.33. The van der Waals surface area contributed by atoms with Crippen molar-refractivity contribution in [2.24, 2.45) is 0 Å². The zero-order valence-corrected chi connectivity index (χ0v) is 15.1. The smallest absolute Gasteiger partial charge is 0.326 e. The van der Waals surface area contributed by atoms with Gasteiger partial charge in [-0.3, -0.25) is 19.3 Å². The maximum Gasteiger partial charge on any atom is 0.326 e. The highest BCUT2D eigenvalue weighted by Gasteiger charge is 2.51. The van der Waals surface area contributed by atoms with Crippen molar-refractivity contribution in [1.29, 1.82) is 0 Å². The number of hydrogen-bond acceptors (Lipinski definition) is 5. The minimum absolute atomic E-state index is 0.0804. The first-order chi connectivity index (χ1) is 12.3. The van der Waals surface area contributed by atoms with Crippen LogP contribution in [0.15, 0.2) is 30.3 Å². The average Bonchev–Trinajstić information content (AvgIpc) is 2.85. The van der Waals surface area contributed by atoms with Crippen molar-refractivity contribution in [2.75, 3.05) is 13.2 Å². The van der Waals surface area contributed by atoms with E-state index in [0.717, 1.165) is 4.90 Å². The third kappa shape index (κ3) is 4.01. The predicted octanol–water partition coefficient (Wildman–Crippen LogP) is 0.911. The van der Waals surface area contributed by atoms with Crippen molar-refractivity contribution < 1.29 is 23.9 Å². The lowest BCUT2D eigenvalue weighted by Crippen LogP contribution is -2.44. The van der Waals surface area contributed by atoms with Gasteiger partial charge in [-0.2, -0.15) is 0 Å². The molecule has 1 aromatic carbocycles. The van der Waals surface area contributed by atoms with Gasteiger partial charge in [-0.25, -0.2) is 4.79 Å². The third-order valence-electron chi connectivity index (χ3n) is 4.07. The molecule has 1 aliphatic heterocycles. The van der Waals surface area contributed by atoms with Gasteiger partial charge in [0.1, 0.15) is 12.1 Å². The molecule has 0 radical (unpaired) electrons. The fourth-order valence-electron chi connectivity index (χ4n) is 2.82. The Kier molecular flexibility index (Phi) is 5.97. The summed E-state index contributed by atoms with van der Waals surface area (Å²) in [6.45, 7) is 4.33. The van der Waals surface area contributed by atoms with Gasteiger partial charge < -0.3 is 15.4 Å². The van der Waals surface area contributed by atoms with Crippen LogP contribution in [-0.2, 0) is 24.7 Å². The van der Waals surface area contributed by atoms with Gasteiger partial charge in [-0.15, -0.1) is 0 Å². The number of nitrogens with one attached hydrogen (secondary N) is 2. The first-order valence-electron chi connectivity index (χ1n) is 8.44. The first-order valence-corrected chi connectivity index (χ1v) is 8.44. The molecule has 0 aliphatic carbocycles. The molecule has 140 valence electrons. The normalized spacial score (nSPS) is 19.5. The topological polar surface area (TPSA) is 105 Å². The van der Waals surface area contributed by atoms with Crippen LogP contribution in [0.2, 0.25) is 0 Å². The van der Waals surface area contributed by atoms with E-state index in [1.807, 2.05) is 6.07 Å². The minimum Gasteiger partial charge on any atom is -0.454 e. The van der Waals surface area contributed by atoms with Gasteiger partial charge in [0, 0.05) is 6.04 Å². The number of imide groups is 1. The molecule has 1 saturated heterocycles. The van der Waals surface area contributed by atoms with E-state index in [-0.39, 0.29) is 6.04 Å². The summed E-state index contributed by atoms with van der Waals surface area (Å²) in [6, 6.07) is 8.12. The molecule has 1 aromatic rings. The Hall–Kier alpha value is -2.90. The van der Waals surface area contributed by atoms with Crippen molar-refractivity contribution in [3.05, 3.63) is 35.9 Å². The Morgan fingerprint density at radius 3 is 2.46 bits per heavy atom. The number of ether oxygens (including phenoxy) is 1. The molecule has 2 N–H and O–H groups in total. The minimum atomic E-state index is -1.20. The van der Waals surface area contributed by atoms with Crippen LogP contribution >= 0.6 is 0 Å². The molecule has 26 heavy (non-hydrogen) atoms. The molecule has 0 aromatic heterocycles. The maximum absolute atomic E-state index is 12.8. The van der Waals surface area contributed by atoms with E-state index in [9.17, 15) is 19.2 Å². The summed E-state index contributed by atoms with van der Waals surface area (Å²) in [7, 11) is 0. The Morgan fingerprint density at radius 1 is 1.23 bits per heavy atom. The molecular formula is C18H23N3O5. The molecule has 1 aliphatic rings. The average molecular weight is 361 g/mol. The summed E-state index contributed by atoms with van der Waals surface area (Å²) in [6.07, 6.45) is 0.337. The van der Waals surface area contributed by atoms with Crippen LogP contribution < -0.4 is 10.6 Å². The standard InChI is InChI=1S/C18H23N3O5/c1-4-18(13-8-6-5-7-9-13)16(24)21(17(25)20-18)10-15(23)26-11-14(22)19-12(2)3/h5-9,12H,4,10-11H2,1-3H3,(H,19,22)(H,20,25). The van der Waals surface area contributed by atoms with Crippen LogP contribution in [0.1, 0.15) is 32.8 Å². The molecule has 1 unspecified atom stereocenters. The molecule has 1 atom stereocenters. The number of urea groups is 1. The van der Waals surface area contributed by atoms with Crippen LogP contribution in [0.5, 0.6) is 0 Å². The van der Waals surface area contributed by atoms with Gasteiger partial charge in [0.15, 0.2) is 6.61 Å². The lowest BCUT2D eigenvalue weighted by atomic mass is 9.87. The van der Waals surface area contributed by atoms with E-state index in [1.54, 1.807) is 45.0 Å². The number of nitrogens with zero attached hydrogens (tertiary/aromatic N) is 1. The van der Waals surface area contributed by atoms with Crippen LogP contribution in [0.25, 0.3) is 0 Å². The van der Waals surface area contributed by atoms with Crippen LogP contribution in [0.4, 0.5) is 4.79 Å². The number of carbonyl (C=O) groups is 4. The molecule has 4 amide bonds. The Balaban J connectivity index is 2.04. The lowest BCUT2D eigenvalue weighted by molar-refractivity contribution is -0.151. The van der Waals surface area contributed by atoms with Crippen LogP contribution in [-0.4, -0.2) is 47.9 Å². The molecule has 0 bridgehead atoms. The van der Waals surface area contributed by atoms with E-state index in [0.29, 0.717) is 12.0 Å². The predicted molar refractivity (Wildman–Crippen MR) is 92.9 cm³/mol. The van der Waals surface area contributed by atoms with E-state index in [2.05, 4.69) is 10.6 Å². The van der Waals surface area contributed by atoms with E-state index in [1.165, 1.54) is 0 Å². The summed E-state index contributed by atoms with van der Waals surface area (Å²) >= 11 is 0. The molecular weight excluding hydrogens is 338 g/mol. The molecule has 1 heterocycles. The second-order valence-corrected chi connectivity index (χ2v) is 6.33. The van der Waals surface area contributed by atoms with E-state index < -0.39 is 42.5 Å². The summed E-state index contributed by atoms with van der Waals surface area (Å²) in [5.41, 5.74) is -0.554. The summed E-state index contributed by atoms with van der Waals surface area (Å²) in [5, 5.41) is 5.26. The maximum atomic E-state index is 12.8. The number of esters is 1. The zero-order valence-electron chi connectivity index (χ0n) is 15.1. The van der Waals surface area contributed by atoms with E-state index >= 15 is 0 Å². The van der Waals surface area contributed by atoms with Gasteiger partial charge in [0.2, 0.25) is 0 Å². The monoisotopic (exact) mass is 361 g/mol. The van der Waals surface area contributed by atoms with Crippen molar-refractivity contribution >= 4 is 23.8 Å². The number of carbonyl (C=O) groups excluding carboxylic acids is 4. The first kappa shape index (κ1) is 19.4. The molecule has 0 saturated carbocycles. The van der Waals surface area contributed by atoms with Gasteiger partial charge in [0.05, 0.1) is 0 Å². The molecule has 8 nitrogen and oxygen atoms in total. The van der Waals surface area contributed by atoms with Gasteiger partial charge in [-0.1, -0.05) is 37.3 Å².